The van der Waals surface area contributed by atoms with E-state index in [0.29, 0.717) is 12.0 Å². The molecule has 1 fully saturated rings. The second-order valence-electron chi connectivity index (χ2n) is 4.50. The van der Waals surface area contributed by atoms with Crippen LogP contribution in [0.1, 0.15) is 26.2 Å². The van der Waals surface area contributed by atoms with E-state index >= 15 is 0 Å². The number of nitrogens with zero attached hydrogens (tertiary/aromatic N) is 1. The van der Waals surface area contributed by atoms with Crippen LogP contribution in [0.4, 0.5) is 0 Å². The minimum absolute atomic E-state index is 0.0427. The first-order chi connectivity index (χ1) is 6.65. The third-order valence-electron chi connectivity index (χ3n) is 3.30. The van der Waals surface area contributed by atoms with Crippen molar-refractivity contribution in [1.29, 1.82) is 0 Å². The zero-order valence-corrected chi connectivity index (χ0v) is 10.4. The average Bonchev–Trinajstić information content (AvgIpc) is 2.52. The molecule has 0 aromatic rings. The monoisotopic (exact) mass is 217 g/mol. The highest BCUT2D eigenvalue weighted by Gasteiger charge is 2.26. The molecule has 0 radical (unpaired) electrons. The molecule has 2 nitrogen and oxygen atoms in total. The van der Waals surface area contributed by atoms with Crippen molar-refractivity contribution < 1.29 is 5.11 Å². The van der Waals surface area contributed by atoms with Crippen LogP contribution in [0, 0.1) is 5.92 Å². The molecule has 1 aliphatic carbocycles. The quantitative estimate of drug-likeness (QED) is 0.760. The second-order valence-corrected chi connectivity index (χ2v) is 5.41. The van der Waals surface area contributed by atoms with Crippen molar-refractivity contribution in [1.82, 2.24) is 4.90 Å². The topological polar surface area (TPSA) is 23.5 Å². The summed E-state index contributed by atoms with van der Waals surface area (Å²) < 4.78 is 0. The molecule has 1 saturated carbocycles. The first-order valence-corrected chi connectivity index (χ1v) is 6.91. The molecule has 0 saturated heterocycles. The van der Waals surface area contributed by atoms with Gasteiger partial charge in [0.2, 0.25) is 0 Å². The Kier molecular flexibility index (Phi) is 5.28. The Hall–Kier alpha value is 0.270. The van der Waals surface area contributed by atoms with Gasteiger partial charge in [0.25, 0.3) is 0 Å². The van der Waals surface area contributed by atoms with Gasteiger partial charge in [-0.15, -0.1) is 0 Å². The maximum absolute atomic E-state index is 9.72. The van der Waals surface area contributed by atoms with Crippen LogP contribution in [-0.4, -0.2) is 47.8 Å². The summed E-state index contributed by atoms with van der Waals surface area (Å²) in [7, 11) is 2.17. The number of aliphatic hydroxyl groups excluding tert-OH is 1. The molecule has 84 valence electrons. The largest absolute Gasteiger partial charge is 0.393 e. The summed E-state index contributed by atoms with van der Waals surface area (Å²) in [5.74, 6) is 1.70. The molecule has 14 heavy (non-hydrogen) atoms. The number of aliphatic hydroxyl groups is 1. The normalized spacial score (nSPS) is 29.8. The third-order valence-corrected chi connectivity index (χ3v) is 4.12. The van der Waals surface area contributed by atoms with Crippen LogP contribution in [0.25, 0.3) is 0 Å². The lowest BCUT2D eigenvalue weighted by Gasteiger charge is -2.28. The summed E-state index contributed by atoms with van der Waals surface area (Å²) in [6, 6.07) is 0.623. The van der Waals surface area contributed by atoms with Crippen molar-refractivity contribution in [2.24, 2.45) is 5.92 Å². The van der Waals surface area contributed by atoms with Crippen LogP contribution in [0.15, 0.2) is 0 Å². The lowest BCUT2D eigenvalue weighted by atomic mass is 10.1. The van der Waals surface area contributed by atoms with Gasteiger partial charge in [-0.2, -0.15) is 11.8 Å². The van der Waals surface area contributed by atoms with E-state index in [1.54, 1.807) is 0 Å². The molecule has 3 heteroatoms. The number of hydrogen-bond donors (Lipinski definition) is 1. The van der Waals surface area contributed by atoms with Crippen LogP contribution in [0.3, 0.4) is 0 Å². The van der Waals surface area contributed by atoms with Gasteiger partial charge in [-0.05, 0) is 39.0 Å². The SMILES string of the molecule is CSCC(C)N(C)CC1CCCC1O. The lowest BCUT2D eigenvalue weighted by molar-refractivity contribution is 0.102. The molecule has 0 aromatic carbocycles. The molecule has 0 aromatic heterocycles. The summed E-state index contributed by atoms with van der Waals surface area (Å²) in [5.41, 5.74) is 0. The average molecular weight is 217 g/mol. The van der Waals surface area contributed by atoms with Crippen LogP contribution in [0.2, 0.25) is 0 Å². The van der Waals surface area contributed by atoms with Crippen molar-refractivity contribution in [2.45, 2.75) is 38.3 Å². The highest BCUT2D eigenvalue weighted by molar-refractivity contribution is 7.98. The predicted molar refractivity (Wildman–Crippen MR) is 63.8 cm³/mol. The number of hydrogen-bond acceptors (Lipinski definition) is 3. The van der Waals surface area contributed by atoms with Gasteiger partial charge in [-0.1, -0.05) is 6.42 Å². The lowest BCUT2D eigenvalue weighted by Crippen LogP contribution is -2.37. The van der Waals surface area contributed by atoms with E-state index in [-0.39, 0.29) is 6.10 Å². The van der Waals surface area contributed by atoms with E-state index in [2.05, 4.69) is 25.1 Å². The summed E-state index contributed by atoms with van der Waals surface area (Å²) in [6.45, 7) is 3.32. The van der Waals surface area contributed by atoms with Gasteiger partial charge < -0.3 is 10.0 Å². The van der Waals surface area contributed by atoms with E-state index in [9.17, 15) is 5.11 Å². The highest BCUT2D eigenvalue weighted by Crippen LogP contribution is 2.26. The Morgan fingerprint density at radius 1 is 1.50 bits per heavy atom. The maximum atomic E-state index is 9.72. The molecule has 0 aliphatic heterocycles. The van der Waals surface area contributed by atoms with E-state index in [1.165, 1.54) is 18.6 Å². The van der Waals surface area contributed by atoms with Crippen LogP contribution in [0.5, 0.6) is 0 Å². The second kappa shape index (κ2) is 5.99. The molecule has 0 spiro atoms. The van der Waals surface area contributed by atoms with E-state index in [0.717, 1.165) is 13.0 Å². The van der Waals surface area contributed by atoms with Crippen LogP contribution >= 0.6 is 11.8 Å². The van der Waals surface area contributed by atoms with Crippen molar-refractivity contribution in [3.8, 4) is 0 Å². The predicted octanol–water partition coefficient (Wildman–Crippen LogP) is 1.83. The fourth-order valence-electron chi connectivity index (χ4n) is 2.15. The molecule has 1 N–H and O–H groups in total. The minimum atomic E-state index is -0.0427. The molecule has 3 atom stereocenters. The molecular weight excluding hydrogens is 194 g/mol. The first kappa shape index (κ1) is 12.3. The zero-order chi connectivity index (χ0) is 10.6. The van der Waals surface area contributed by atoms with Gasteiger partial charge in [-0.3, -0.25) is 0 Å². The molecule has 3 unspecified atom stereocenters. The first-order valence-electron chi connectivity index (χ1n) is 5.52. The van der Waals surface area contributed by atoms with E-state index < -0.39 is 0 Å². The summed E-state index contributed by atoms with van der Waals surface area (Å²) >= 11 is 1.89. The molecule has 1 rings (SSSR count). The minimum Gasteiger partial charge on any atom is -0.393 e. The van der Waals surface area contributed by atoms with Crippen molar-refractivity contribution in [3.63, 3.8) is 0 Å². The molecule has 0 bridgehead atoms. The van der Waals surface area contributed by atoms with Gasteiger partial charge in [-0.25, -0.2) is 0 Å². The maximum Gasteiger partial charge on any atom is 0.0580 e. The van der Waals surface area contributed by atoms with Gasteiger partial charge in [0, 0.05) is 18.3 Å². The highest BCUT2D eigenvalue weighted by atomic mass is 32.2. The Morgan fingerprint density at radius 3 is 2.71 bits per heavy atom. The van der Waals surface area contributed by atoms with Crippen molar-refractivity contribution in [2.75, 3.05) is 25.6 Å². The Bertz CT molecular complexity index is 165. The van der Waals surface area contributed by atoms with Gasteiger partial charge in [0.15, 0.2) is 0 Å². The standard InChI is InChI=1S/C11H23NOS/c1-9(8-14-3)12(2)7-10-5-4-6-11(10)13/h9-11,13H,4-8H2,1-3H3. The number of rotatable bonds is 5. The number of thioether (sulfide) groups is 1. The van der Waals surface area contributed by atoms with Gasteiger partial charge in [0.1, 0.15) is 0 Å². The fraction of sp³-hybridized carbons (Fsp3) is 1.00. The Morgan fingerprint density at radius 2 is 2.21 bits per heavy atom. The van der Waals surface area contributed by atoms with Gasteiger partial charge >= 0.3 is 0 Å². The summed E-state index contributed by atoms with van der Waals surface area (Å²) in [5, 5.41) is 9.72. The van der Waals surface area contributed by atoms with Crippen molar-refractivity contribution >= 4 is 11.8 Å². The van der Waals surface area contributed by atoms with Crippen LogP contribution < -0.4 is 0 Å². The Balaban J connectivity index is 2.28. The zero-order valence-electron chi connectivity index (χ0n) is 9.57. The molecule has 0 amide bonds. The fourth-order valence-corrected chi connectivity index (χ4v) is 2.89. The molecular formula is C11H23NOS. The summed E-state index contributed by atoms with van der Waals surface area (Å²) in [6.07, 6.45) is 5.53. The Labute approximate surface area is 92.1 Å². The molecule has 0 heterocycles. The van der Waals surface area contributed by atoms with E-state index in [1.807, 2.05) is 11.8 Å². The van der Waals surface area contributed by atoms with Crippen LogP contribution in [-0.2, 0) is 0 Å². The summed E-state index contributed by atoms with van der Waals surface area (Å²) in [4.78, 5) is 2.38. The van der Waals surface area contributed by atoms with E-state index in [4.69, 9.17) is 0 Å². The van der Waals surface area contributed by atoms with Crippen molar-refractivity contribution in [3.05, 3.63) is 0 Å². The smallest absolute Gasteiger partial charge is 0.0580 e. The third kappa shape index (κ3) is 3.44. The molecule has 1 aliphatic rings. The van der Waals surface area contributed by atoms with Gasteiger partial charge in [0.05, 0.1) is 6.10 Å².